The molecule has 102 valence electrons. The smallest absolute Gasteiger partial charge is 0.00725 e. The Bertz CT molecular complexity index is 371. The van der Waals surface area contributed by atoms with Crippen molar-refractivity contribution in [2.24, 2.45) is 5.41 Å². The van der Waals surface area contributed by atoms with Gasteiger partial charge in [-0.1, -0.05) is 20.8 Å². The van der Waals surface area contributed by atoms with Crippen LogP contribution in [0.1, 0.15) is 56.2 Å². The van der Waals surface area contributed by atoms with Crippen molar-refractivity contribution in [3.05, 3.63) is 21.9 Å². The average molecular weight is 265 g/mol. The van der Waals surface area contributed by atoms with Gasteiger partial charge < -0.3 is 5.32 Å². The molecule has 1 fully saturated rings. The lowest BCUT2D eigenvalue weighted by molar-refractivity contribution is 0.324. The maximum Gasteiger partial charge on any atom is 0.00725 e. The van der Waals surface area contributed by atoms with Crippen LogP contribution in [0.5, 0.6) is 0 Å². The lowest BCUT2D eigenvalue weighted by atomic mass is 9.84. The summed E-state index contributed by atoms with van der Waals surface area (Å²) in [6.45, 7) is 8.16. The first-order valence-electron chi connectivity index (χ1n) is 7.46. The van der Waals surface area contributed by atoms with Gasteiger partial charge >= 0.3 is 0 Å². The Hall–Kier alpha value is -0.340. The zero-order chi connectivity index (χ0) is 13.0. The maximum atomic E-state index is 3.69. The van der Waals surface area contributed by atoms with Gasteiger partial charge in [-0.2, -0.15) is 0 Å². The zero-order valence-electron chi connectivity index (χ0n) is 12.1. The summed E-state index contributed by atoms with van der Waals surface area (Å²) in [5, 5.41) is 3.69. The lowest BCUT2D eigenvalue weighted by Crippen LogP contribution is -2.28. The average Bonchev–Trinajstić information content (AvgIpc) is 2.94. The van der Waals surface area contributed by atoms with Crippen LogP contribution >= 0.6 is 11.3 Å². The molecule has 2 rings (SSSR count). The van der Waals surface area contributed by atoms with E-state index in [0.717, 1.165) is 6.04 Å². The molecule has 0 aliphatic heterocycles. The van der Waals surface area contributed by atoms with E-state index in [1.807, 2.05) is 11.3 Å². The van der Waals surface area contributed by atoms with Crippen LogP contribution in [-0.4, -0.2) is 12.6 Å². The van der Waals surface area contributed by atoms with Crippen LogP contribution in [0.2, 0.25) is 0 Å². The van der Waals surface area contributed by atoms with Crippen LogP contribution in [0.4, 0.5) is 0 Å². The normalized spacial score (nSPS) is 27.8. The van der Waals surface area contributed by atoms with E-state index in [4.69, 9.17) is 0 Å². The maximum absolute atomic E-state index is 3.69. The quantitative estimate of drug-likeness (QED) is 0.803. The number of nitrogens with one attached hydrogen (secondary N) is 1. The van der Waals surface area contributed by atoms with E-state index in [1.54, 1.807) is 4.88 Å². The van der Waals surface area contributed by atoms with E-state index in [1.165, 1.54) is 49.9 Å². The molecule has 2 heteroatoms. The minimum Gasteiger partial charge on any atom is -0.314 e. The molecule has 1 N–H and O–H groups in total. The highest BCUT2D eigenvalue weighted by Gasteiger charge is 2.34. The Balaban J connectivity index is 1.88. The summed E-state index contributed by atoms with van der Waals surface area (Å²) in [4.78, 5) is 3.12. The van der Waals surface area contributed by atoms with Gasteiger partial charge in [-0.3, -0.25) is 0 Å². The molecule has 1 nitrogen and oxygen atoms in total. The monoisotopic (exact) mass is 265 g/mol. The first-order valence-corrected chi connectivity index (χ1v) is 8.28. The van der Waals surface area contributed by atoms with E-state index < -0.39 is 0 Å². The van der Waals surface area contributed by atoms with Crippen LogP contribution in [0.15, 0.2) is 12.1 Å². The van der Waals surface area contributed by atoms with Gasteiger partial charge in [0.15, 0.2) is 0 Å². The van der Waals surface area contributed by atoms with Crippen molar-refractivity contribution >= 4 is 11.3 Å². The summed E-state index contributed by atoms with van der Waals surface area (Å²) in [5.74, 6) is 0. The van der Waals surface area contributed by atoms with Crippen LogP contribution in [0, 0.1) is 5.41 Å². The minimum absolute atomic E-state index is 0.529. The third-order valence-corrected chi connectivity index (χ3v) is 5.41. The Morgan fingerprint density at radius 3 is 2.78 bits per heavy atom. The molecule has 1 saturated carbocycles. The molecule has 0 radical (unpaired) electrons. The molecule has 1 aliphatic carbocycles. The van der Waals surface area contributed by atoms with Crippen molar-refractivity contribution < 1.29 is 0 Å². The van der Waals surface area contributed by atoms with Crippen molar-refractivity contribution in [1.82, 2.24) is 5.32 Å². The van der Waals surface area contributed by atoms with Crippen LogP contribution < -0.4 is 5.32 Å². The summed E-state index contributed by atoms with van der Waals surface area (Å²) in [5.41, 5.74) is 0.529. The Morgan fingerprint density at radius 2 is 2.11 bits per heavy atom. The van der Waals surface area contributed by atoms with Crippen molar-refractivity contribution in [1.29, 1.82) is 0 Å². The zero-order valence-corrected chi connectivity index (χ0v) is 12.9. The fourth-order valence-corrected chi connectivity index (χ4v) is 4.31. The van der Waals surface area contributed by atoms with Gasteiger partial charge in [-0.05, 0) is 62.6 Å². The summed E-state index contributed by atoms with van der Waals surface area (Å²) in [6.07, 6.45) is 7.81. The molecule has 1 heterocycles. The van der Waals surface area contributed by atoms with E-state index >= 15 is 0 Å². The van der Waals surface area contributed by atoms with Crippen molar-refractivity contribution in [2.75, 3.05) is 6.54 Å². The minimum atomic E-state index is 0.529. The molecular weight excluding hydrogens is 238 g/mol. The Labute approximate surface area is 116 Å². The van der Waals surface area contributed by atoms with Gasteiger partial charge in [0.25, 0.3) is 0 Å². The van der Waals surface area contributed by atoms with Gasteiger partial charge in [0.2, 0.25) is 0 Å². The van der Waals surface area contributed by atoms with Crippen LogP contribution in [0.3, 0.4) is 0 Å². The standard InChI is InChI=1S/C16H27NS/c1-4-10-17-13-8-9-16(3,11-13)12-15-7-6-14(5-2)18-15/h6-7,13,17H,4-5,8-12H2,1-3H3. The SMILES string of the molecule is CCCNC1CCC(C)(Cc2ccc(CC)s2)C1. The number of rotatable bonds is 6. The van der Waals surface area contributed by atoms with Crippen molar-refractivity contribution in [3.63, 3.8) is 0 Å². The number of hydrogen-bond acceptors (Lipinski definition) is 2. The van der Waals surface area contributed by atoms with E-state index in [0.29, 0.717) is 5.41 Å². The van der Waals surface area contributed by atoms with Gasteiger partial charge in [0.05, 0.1) is 0 Å². The summed E-state index contributed by atoms with van der Waals surface area (Å²) >= 11 is 2.02. The Kier molecular flexibility index (Phi) is 4.85. The predicted molar refractivity (Wildman–Crippen MR) is 81.4 cm³/mol. The highest BCUT2D eigenvalue weighted by Crippen LogP contribution is 2.41. The summed E-state index contributed by atoms with van der Waals surface area (Å²) in [6, 6.07) is 5.42. The van der Waals surface area contributed by atoms with Crippen molar-refractivity contribution in [2.45, 2.75) is 65.3 Å². The predicted octanol–water partition coefficient (Wildman–Crippen LogP) is 4.41. The molecule has 2 atom stereocenters. The van der Waals surface area contributed by atoms with Gasteiger partial charge in [0, 0.05) is 15.8 Å². The second kappa shape index (κ2) is 6.21. The summed E-state index contributed by atoms with van der Waals surface area (Å²) in [7, 11) is 0. The molecule has 2 unspecified atom stereocenters. The van der Waals surface area contributed by atoms with Crippen LogP contribution in [-0.2, 0) is 12.8 Å². The molecule has 0 aromatic carbocycles. The number of thiophene rings is 1. The van der Waals surface area contributed by atoms with E-state index in [-0.39, 0.29) is 0 Å². The highest BCUT2D eigenvalue weighted by atomic mass is 32.1. The van der Waals surface area contributed by atoms with Gasteiger partial charge in [0.1, 0.15) is 0 Å². The topological polar surface area (TPSA) is 12.0 Å². The lowest BCUT2D eigenvalue weighted by Gasteiger charge is -2.23. The molecule has 1 aromatic rings. The van der Waals surface area contributed by atoms with Crippen molar-refractivity contribution in [3.8, 4) is 0 Å². The largest absolute Gasteiger partial charge is 0.314 e. The molecular formula is C16H27NS. The molecule has 0 amide bonds. The van der Waals surface area contributed by atoms with Gasteiger partial charge in [-0.25, -0.2) is 0 Å². The number of aryl methyl sites for hydroxylation is 1. The van der Waals surface area contributed by atoms with E-state index in [2.05, 4.69) is 38.2 Å². The second-order valence-electron chi connectivity index (χ2n) is 6.10. The fourth-order valence-electron chi connectivity index (χ4n) is 3.13. The molecule has 0 bridgehead atoms. The van der Waals surface area contributed by atoms with E-state index in [9.17, 15) is 0 Å². The molecule has 1 aliphatic rings. The van der Waals surface area contributed by atoms with Crippen LogP contribution in [0.25, 0.3) is 0 Å². The third-order valence-electron chi connectivity index (χ3n) is 4.19. The second-order valence-corrected chi connectivity index (χ2v) is 7.36. The molecule has 0 spiro atoms. The molecule has 18 heavy (non-hydrogen) atoms. The number of hydrogen-bond donors (Lipinski definition) is 1. The Morgan fingerprint density at radius 1 is 1.33 bits per heavy atom. The summed E-state index contributed by atoms with van der Waals surface area (Å²) < 4.78 is 0. The van der Waals surface area contributed by atoms with Gasteiger partial charge in [-0.15, -0.1) is 11.3 Å². The molecule has 1 aromatic heterocycles. The highest BCUT2D eigenvalue weighted by molar-refractivity contribution is 7.11. The first-order chi connectivity index (χ1) is 8.65. The first kappa shape index (κ1) is 14.1. The third kappa shape index (κ3) is 3.58. The fraction of sp³-hybridized carbons (Fsp3) is 0.750. The molecule has 0 saturated heterocycles.